The van der Waals surface area contributed by atoms with Gasteiger partial charge < -0.3 is 19.8 Å². The van der Waals surface area contributed by atoms with Crippen LogP contribution in [0, 0.1) is 36.5 Å². The van der Waals surface area contributed by atoms with E-state index in [1.165, 1.54) is 16.2 Å². The summed E-state index contributed by atoms with van der Waals surface area (Å²) in [6.07, 6.45) is 0.799. The van der Waals surface area contributed by atoms with Crippen LogP contribution < -0.4 is 24.6 Å². The number of hydrogen-bond donors (Lipinski definition) is 2. The molecule has 7 atom stereocenters. The molecule has 0 unspecified atom stereocenters. The zero-order valence-electron chi connectivity index (χ0n) is 25.4. The third-order valence-corrected chi connectivity index (χ3v) is 13.1. The Morgan fingerprint density at radius 2 is 1.77 bits per heavy atom. The maximum atomic E-state index is 14.0. The summed E-state index contributed by atoms with van der Waals surface area (Å²) in [5, 5.41) is 3.76. The van der Waals surface area contributed by atoms with Crippen LogP contribution in [-0.2, 0) is 14.4 Å². The van der Waals surface area contributed by atoms with Crippen molar-refractivity contribution in [2.24, 2.45) is 29.6 Å². The number of amides is 3. The molecule has 2 N–H and O–H groups in total. The minimum absolute atomic E-state index is 0.0120. The molecule has 47 heavy (non-hydrogen) atoms. The molecule has 9 nitrogen and oxygen atoms in total. The first kappa shape index (κ1) is 30.5. The molecule has 3 aromatic carbocycles. The van der Waals surface area contributed by atoms with E-state index in [1.807, 2.05) is 55.5 Å². The van der Waals surface area contributed by atoms with Crippen molar-refractivity contribution in [1.82, 2.24) is 4.98 Å². The summed E-state index contributed by atoms with van der Waals surface area (Å²) in [4.78, 5) is 58.5. The third-order valence-electron chi connectivity index (χ3n) is 10.0. The monoisotopic (exact) mass is 731 g/mol. The second-order valence-corrected chi connectivity index (χ2v) is 15.7. The van der Waals surface area contributed by atoms with Gasteiger partial charge in [-0.25, -0.2) is 0 Å². The zero-order valence-corrected chi connectivity index (χ0v) is 28.6. The van der Waals surface area contributed by atoms with E-state index in [9.17, 15) is 19.2 Å². The fraction of sp³-hybridized carbons (Fsp3) is 0.314. The molecule has 3 amide bonds. The molecule has 2 aliphatic carbocycles. The lowest BCUT2D eigenvalue weighted by atomic mass is 9.68. The quantitative estimate of drug-likeness (QED) is 0.217. The van der Waals surface area contributed by atoms with Crippen LogP contribution in [0.5, 0.6) is 11.5 Å². The molecule has 0 radical (unpaired) electrons. The number of aromatic amines is 1. The molecule has 2 bridgehead atoms. The number of thiazole rings is 1. The smallest absolute Gasteiger partial charge is 0.305 e. The zero-order chi connectivity index (χ0) is 32.6. The highest BCUT2D eigenvalue weighted by Crippen LogP contribution is 2.68. The van der Waals surface area contributed by atoms with Gasteiger partial charge in [-0.15, -0.1) is 11.8 Å². The Bertz CT molecular complexity index is 1990. The lowest BCUT2D eigenvalue weighted by Crippen LogP contribution is -2.42. The minimum atomic E-state index is -0.394. The Kier molecular flexibility index (Phi) is 7.57. The lowest BCUT2D eigenvalue weighted by molar-refractivity contribution is -0.123. The SMILES string of the molecule is COc1cc([C@@H]2c3sc(=O)[nH]c3S[C@@H]3[C@@H]4C[C@@H]([C@@H]5C(=O)N(c6ccc(Br)cc6)C(=O)[C@@H]45)[C@H]23)ccc1OCC(=O)Nc1cccc(C)c1. The molecule has 1 aromatic heterocycles. The van der Waals surface area contributed by atoms with Gasteiger partial charge in [-0.1, -0.05) is 45.5 Å². The Balaban J connectivity index is 1.09. The summed E-state index contributed by atoms with van der Waals surface area (Å²) in [7, 11) is 1.56. The number of nitrogens with zero attached hydrogens (tertiary/aromatic N) is 1. The van der Waals surface area contributed by atoms with Gasteiger partial charge in [-0.2, -0.15) is 0 Å². The normalized spacial score (nSPS) is 27.0. The molecular formula is C35H30BrN3O6S2. The molecule has 4 aromatic rings. The number of imide groups is 1. The van der Waals surface area contributed by atoms with E-state index >= 15 is 0 Å². The van der Waals surface area contributed by atoms with Crippen molar-refractivity contribution in [3.05, 3.63) is 96.9 Å². The van der Waals surface area contributed by atoms with Crippen molar-refractivity contribution in [1.29, 1.82) is 0 Å². The van der Waals surface area contributed by atoms with Crippen LogP contribution in [0.2, 0.25) is 0 Å². The molecular weight excluding hydrogens is 702 g/mol. The van der Waals surface area contributed by atoms with E-state index in [0.29, 0.717) is 22.9 Å². The fourth-order valence-corrected chi connectivity index (χ4v) is 11.4. The second kappa shape index (κ2) is 11.7. The Morgan fingerprint density at radius 3 is 2.51 bits per heavy atom. The number of H-pyrrole nitrogens is 1. The van der Waals surface area contributed by atoms with Gasteiger partial charge in [0.25, 0.3) is 5.91 Å². The molecule has 8 rings (SSSR count). The van der Waals surface area contributed by atoms with Crippen LogP contribution in [0.3, 0.4) is 0 Å². The predicted octanol–water partition coefficient (Wildman–Crippen LogP) is 6.21. The number of carbonyl (C=O) groups is 3. The average molecular weight is 733 g/mol. The molecule has 2 aliphatic heterocycles. The number of aromatic nitrogens is 1. The van der Waals surface area contributed by atoms with Gasteiger partial charge >= 0.3 is 4.87 Å². The van der Waals surface area contributed by atoms with Gasteiger partial charge in [0.2, 0.25) is 11.8 Å². The van der Waals surface area contributed by atoms with Gasteiger partial charge in [-0.3, -0.25) is 24.1 Å². The number of nitrogens with one attached hydrogen (secondary N) is 2. The lowest BCUT2D eigenvalue weighted by Gasteiger charge is -2.43. The largest absolute Gasteiger partial charge is 0.493 e. The first-order chi connectivity index (χ1) is 22.7. The number of benzene rings is 3. The maximum absolute atomic E-state index is 14.0. The number of hydrogen-bond acceptors (Lipinski definition) is 8. The van der Waals surface area contributed by atoms with Crippen molar-refractivity contribution >= 4 is 68.1 Å². The highest BCUT2D eigenvalue weighted by Gasteiger charge is 2.69. The molecule has 2 saturated carbocycles. The number of thioether (sulfide) groups is 1. The van der Waals surface area contributed by atoms with Crippen molar-refractivity contribution in [3.8, 4) is 11.5 Å². The highest BCUT2D eigenvalue weighted by molar-refractivity contribution is 9.10. The highest BCUT2D eigenvalue weighted by atomic mass is 79.9. The second-order valence-electron chi connectivity index (χ2n) is 12.6. The molecule has 240 valence electrons. The van der Waals surface area contributed by atoms with E-state index in [-0.39, 0.29) is 64.0 Å². The fourth-order valence-electron chi connectivity index (χ4n) is 8.29. The van der Waals surface area contributed by atoms with Gasteiger partial charge in [0.15, 0.2) is 18.1 Å². The Labute approximate surface area is 287 Å². The number of ether oxygens (including phenoxy) is 2. The summed E-state index contributed by atoms with van der Waals surface area (Å²) < 4.78 is 12.5. The topological polar surface area (TPSA) is 118 Å². The summed E-state index contributed by atoms with van der Waals surface area (Å²) in [5.41, 5.74) is 3.27. The van der Waals surface area contributed by atoms with Gasteiger partial charge in [0.05, 0.1) is 29.7 Å². The Hall–Kier alpha value is -3.87. The number of halogens is 1. The van der Waals surface area contributed by atoms with Crippen LogP contribution in [0.1, 0.15) is 28.3 Å². The number of aryl methyl sites for hydroxylation is 1. The van der Waals surface area contributed by atoms with E-state index in [4.69, 9.17) is 9.47 Å². The molecule has 3 heterocycles. The van der Waals surface area contributed by atoms with Crippen molar-refractivity contribution < 1.29 is 23.9 Å². The molecule has 0 spiro atoms. The van der Waals surface area contributed by atoms with Crippen LogP contribution in [0.4, 0.5) is 11.4 Å². The first-order valence-electron chi connectivity index (χ1n) is 15.4. The number of rotatable bonds is 7. The standard InChI is InChI=1S/C35H30BrN3O6S2/c1-16-4-3-5-19(12-16)37-25(40)15-45-23-11-6-17(13-24(23)44-2)26-27-21-14-22(30(27)46-32-31(26)47-35(43)38-32)29-28(21)33(41)39(34(29)42)20-9-7-18(36)8-10-20/h3-13,21-22,26-30H,14-15H2,1-2H3,(H,37,40)(H,38,43)/t21-,22-,26+,27-,28+,29+,30-/m1/s1. The van der Waals surface area contributed by atoms with E-state index < -0.39 is 5.92 Å². The van der Waals surface area contributed by atoms with Crippen LogP contribution in [0.15, 0.2) is 81.0 Å². The van der Waals surface area contributed by atoms with E-state index in [2.05, 4.69) is 26.2 Å². The Morgan fingerprint density at radius 1 is 1.00 bits per heavy atom. The number of carbonyl (C=O) groups excluding carboxylic acids is 3. The van der Waals surface area contributed by atoms with Gasteiger partial charge in [0.1, 0.15) is 0 Å². The number of methoxy groups -OCH3 is 1. The van der Waals surface area contributed by atoms with Crippen LogP contribution in [-0.4, -0.2) is 41.7 Å². The summed E-state index contributed by atoms with van der Waals surface area (Å²) in [6.45, 7) is 1.76. The van der Waals surface area contributed by atoms with Crippen molar-refractivity contribution in [3.63, 3.8) is 0 Å². The molecule has 3 fully saturated rings. The molecule has 12 heteroatoms. The van der Waals surface area contributed by atoms with Gasteiger partial charge in [-0.05, 0) is 90.8 Å². The van der Waals surface area contributed by atoms with Gasteiger partial charge in [0, 0.05) is 26.2 Å². The summed E-state index contributed by atoms with van der Waals surface area (Å²) in [6, 6.07) is 20.5. The molecule has 1 saturated heterocycles. The van der Waals surface area contributed by atoms with Crippen LogP contribution in [0.25, 0.3) is 0 Å². The predicted molar refractivity (Wildman–Crippen MR) is 183 cm³/mol. The minimum Gasteiger partial charge on any atom is -0.493 e. The average Bonchev–Trinajstić information content (AvgIpc) is 3.79. The summed E-state index contributed by atoms with van der Waals surface area (Å²) in [5.74, 6) is -0.525. The van der Waals surface area contributed by atoms with Crippen molar-refractivity contribution in [2.45, 2.75) is 29.5 Å². The first-order valence-corrected chi connectivity index (χ1v) is 17.9. The van der Waals surface area contributed by atoms with Crippen LogP contribution >= 0.6 is 39.0 Å². The maximum Gasteiger partial charge on any atom is 0.305 e. The van der Waals surface area contributed by atoms with E-state index in [0.717, 1.165) is 31.9 Å². The molecule has 4 aliphatic rings. The van der Waals surface area contributed by atoms with E-state index in [1.54, 1.807) is 37.1 Å². The summed E-state index contributed by atoms with van der Waals surface area (Å²) >= 11 is 6.30. The third kappa shape index (κ3) is 5.03. The van der Waals surface area contributed by atoms with Crippen molar-refractivity contribution in [2.75, 3.05) is 23.9 Å². The number of anilines is 2. The number of fused-ring (bicyclic) bond motifs is 9.